The summed E-state index contributed by atoms with van der Waals surface area (Å²) < 4.78 is 16.0. The van der Waals surface area contributed by atoms with Crippen LogP contribution < -0.4 is 10.6 Å². The summed E-state index contributed by atoms with van der Waals surface area (Å²) in [5.74, 6) is -0.649. The Morgan fingerprint density at radius 1 is 1.19 bits per heavy atom. The lowest BCUT2D eigenvalue weighted by atomic mass is 9.86. The van der Waals surface area contributed by atoms with Gasteiger partial charge >= 0.3 is 5.97 Å². The van der Waals surface area contributed by atoms with Crippen LogP contribution in [0, 0.1) is 0 Å². The highest BCUT2D eigenvalue weighted by molar-refractivity contribution is 6.30. The van der Waals surface area contributed by atoms with E-state index in [0.717, 1.165) is 5.56 Å². The van der Waals surface area contributed by atoms with Crippen LogP contribution in [0.2, 0.25) is 5.02 Å². The Morgan fingerprint density at radius 2 is 2.00 bits per heavy atom. The van der Waals surface area contributed by atoms with Crippen molar-refractivity contribution < 1.29 is 23.5 Å². The van der Waals surface area contributed by atoms with E-state index in [1.165, 1.54) is 7.11 Å². The minimum absolute atomic E-state index is 0.0996. The minimum Gasteiger partial charge on any atom is -0.469 e. The van der Waals surface area contributed by atoms with Gasteiger partial charge in [0.1, 0.15) is 5.52 Å². The van der Waals surface area contributed by atoms with Gasteiger partial charge in [-0.2, -0.15) is 4.98 Å². The summed E-state index contributed by atoms with van der Waals surface area (Å²) in [7, 11) is 1.34. The molecule has 0 saturated carbocycles. The van der Waals surface area contributed by atoms with Gasteiger partial charge in [-0.3, -0.25) is 9.59 Å². The molecule has 2 heterocycles. The Kier molecular flexibility index (Phi) is 6.62. The number of anilines is 1. The fraction of sp³-hybridized carbons (Fsp3) is 0.348. The van der Waals surface area contributed by atoms with Crippen LogP contribution in [-0.2, 0) is 20.8 Å². The van der Waals surface area contributed by atoms with Gasteiger partial charge in [-0.25, -0.2) is 0 Å². The Bertz CT molecular complexity index is 1120. The zero-order valence-electron chi connectivity index (χ0n) is 17.7. The van der Waals surface area contributed by atoms with Gasteiger partial charge in [0.2, 0.25) is 0 Å². The number of methoxy groups -OCH3 is 1. The van der Waals surface area contributed by atoms with Crippen molar-refractivity contribution in [1.29, 1.82) is 0 Å². The van der Waals surface area contributed by atoms with Crippen molar-refractivity contribution in [1.82, 2.24) is 10.3 Å². The van der Waals surface area contributed by atoms with E-state index in [0.29, 0.717) is 60.3 Å². The topological polar surface area (TPSA) is 103 Å². The second kappa shape index (κ2) is 9.58. The van der Waals surface area contributed by atoms with E-state index in [2.05, 4.69) is 15.6 Å². The highest BCUT2D eigenvalue weighted by Crippen LogP contribution is 2.27. The summed E-state index contributed by atoms with van der Waals surface area (Å²) in [6, 6.07) is 12.9. The molecule has 0 bridgehead atoms. The second-order valence-corrected chi connectivity index (χ2v) is 8.22. The quantitative estimate of drug-likeness (QED) is 0.518. The average molecular weight is 458 g/mol. The Hall–Kier alpha value is -3.10. The van der Waals surface area contributed by atoms with Crippen molar-refractivity contribution in [2.75, 3.05) is 25.6 Å². The SMILES string of the molecule is COC(=O)CC1(NC(=O)c2ccc3oc(NCc4cccc(Cl)c4)nc3c2)CCOCC1. The third kappa shape index (κ3) is 5.20. The molecule has 1 amide bonds. The Morgan fingerprint density at radius 3 is 2.75 bits per heavy atom. The van der Waals surface area contributed by atoms with E-state index in [1.54, 1.807) is 18.2 Å². The van der Waals surface area contributed by atoms with Crippen LogP contribution >= 0.6 is 11.6 Å². The highest BCUT2D eigenvalue weighted by atomic mass is 35.5. The lowest BCUT2D eigenvalue weighted by Gasteiger charge is -2.37. The number of rotatable bonds is 7. The maximum Gasteiger partial charge on any atom is 0.307 e. The molecule has 2 aromatic carbocycles. The zero-order chi connectivity index (χ0) is 22.6. The molecule has 0 aliphatic carbocycles. The molecule has 1 fully saturated rings. The van der Waals surface area contributed by atoms with E-state index in [1.807, 2.05) is 24.3 Å². The molecule has 8 nitrogen and oxygen atoms in total. The summed E-state index contributed by atoms with van der Waals surface area (Å²) in [6.07, 6.45) is 1.18. The molecule has 2 N–H and O–H groups in total. The van der Waals surface area contributed by atoms with Crippen LogP contribution in [0.3, 0.4) is 0 Å². The highest BCUT2D eigenvalue weighted by Gasteiger charge is 2.37. The number of fused-ring (bicyclic) bond motifs is 1. The maximum atomic E-state index is 13.0. The van der Waals surface area contributed by atoms with Crippen LogP contribution in [0.5, 0.6) is 0 Å². The first-order chi connectivity index (χ1) is 15.5. The van der Waals surface area contributed by atoms with Gasteiger partial charge in [0.25, 0.3) is 11.9 Å². The summed E-state index contributed by atoms with van der Waals surface area (Å²) in [6.45, 7) is 1.45. The number of amides is 1. The van der Waals surface area contributed by atoms with Crippen molar-refractivity contribution in [2.24, 2.45) is 0 Å². The molecule has 1 saturated heterocycles. The fourth-order valence-electron chi connectivity index (χ4n) is 3.74. The van der Waals surface area contributed by atoms with Crippen molar-refractivity contribution in [3.8, 4) is 0 Å². The molecule has 168 valence electrons. The first-order valence-electron chi connectivity index (χ1n) is 10.3. The number of aromatic nitrogens is 1. The van der Waals surface area contributed by atoms with Crippen LogP contribution in [0.15, 0.2) is 46.9 Å². The molecule has 0 unspecified atom stereocenters. The summed E-state index contributed by atoms with van der Waals surface area (Å²) in [5, 5.41) is 6.81. The summed E-state index contributed by atoms with van der Waals surface area (Å²) >= 11 is 6.02. The van der Waals surface area contributed by atoms with Gasteiger partial charge in [-0.05, 0) is 48.7 Å². The molecule has 1 aromatic heterocycles. The van der Waals surface area contributed by atoms with Gasteiger partial charge in [-0.1, -0.05) is 23.7 Å². The van der Waals surface area contributed by atoms with Crippen molar-refractivity contribution in [3.63, 3.8) is 0 Å². The van der Waals surface area contributed by atoms with E-state index < -0.39 is 5.54 Å². The average Bonchev–Trinajstić information content (AvgIpc) is 3.20. The van der Waals surface area contributed by atoms with Crippen LogP contribution in [0.25, 0.3) is 11.1 Å². The predicted octanol–water partition coefficient (Wildman–Crippen LogP) is 3.94. The van der Waals surface area contributed by atoms with E-state index in [9.17, 15) is 9.59 Å². The number of nitrogens with zero attached hydrogens (tertiary/aromatic N) is 1. The Labute approximate surface area is 190 Å². The lowest BCUT2D eigenvalue weighted by Crippen LogP contribution is -2.53. The van der Waals surface area contributed by atoms with Crippen LogP contribution in [0.1, 0.15) is 35.2 Å². The smallest absolute Gasteiger partial charge is 0.307 e. The first kappa shape index (κ1) is 22.1. The standard InChI is InChI=1S/C23H24ClN3O5/c1-30-20(28)13-23(7-9-31-10-8-23)27-21(29)16-5-6-19-18(12-16)26-22(32-19)25-14-15-3-2-4-17(24)11-15/h2-6,11-12H,7-10,13-14H2,1H3,(H,25,26)(H,27,29). The fourth-order valence-corrected chi connectivity index (χ4v) is 3.95. The molecule has 9 heteroatoms. The number of carbonyl (C=O) groups is 2. The van der Waals surface area contributed by atoms with E-state index in [4.69, 9.17) is 25.5 Å². The number of esters is 1. The Balaban J connectivity index is 1.47. The van der Waals surface area contributed by atoms with Crippen LogP contribution in [-0.4, -0.2) is 42.7 Å². The summed E-state index contributed by atoms with van der Waals surface area (Å²) in [5.41, 5.74) is 1.85. The number of oxazole rings is 1. The second-order valence-electron chi connectivity index (χ2n) is 7.78. The third-order valence-corrected chi connectivity index (χ3v) is 5.76. The van der Waals surface area contributed by atoms with Gasteiger partial charge in [0.15, 0.2) is 5.58 Å². The maximum absolute atomic E-state index is 13.0. The zero-order valence-corrected chi connectivity index (χ0v) is 18.4. The third-order valence-electron chi connectivity index (χ3n) is 5.52. The number of halogens is 1. The number of hydrogen-bond acceptors (Lipinski definition) is 7. The van der Waals surface area contributed by atoms with Gasteiger partial charge in [-0.15, -0.1) is 0 Å². The molecule has 0 atom stereocenters. The number of ether oxygens (including phenoxy) is 2. The molecular formula is C23H24ClN3O5. The first-order valence-corrected chi connectivity index (χ1v) is 10.7. The monoisotopic (exact) mass is 457 g/mol. The predicted molar refractivity (Wildman–Crippen MR) is 120 cm³/mol. The molecule has 4 rings (SSSR count). The van der Waals surface area contributed by atoms with Gasteiger partial charge in [0, 0.05) is 30.3 Å². The normalized spacial score (nSPS) is 15.3. The molecular weight excluding hydrogens is 434 g/mol. The largest absolute Gasteiger partial charge is 0.469 e. The van der Waals surface area contributed by atoms with Crippen molar-refractivity contribution >= 4 is 40.6 Å². The summed E-state index contributed by atoms with van der Waals surface area (Å²) in [4.78, 5) is 29.3. The lowest BCUT2D eigenvalue weighted by molar-refractivity contribution is -0.143. The molecule has 1 aliphatic rings. The van der Waals surface area contributed by atoms with Gasteiger partial charge < -0.3 is 24.5 Å². The van der Waals surface area contributed by atoms with Crippen molar-refractivity contribution in [2.45, 2.75) is 31.3 Å². The van der Waals surface area contributed by atoms with Gasteiger partial charge in [0.05, 0.1) is 19.1 Å². The number of hydrogen-bond donors (Lipinski definition) is 2. The van der Waals surface area contributed by atoms with E-state index in [-0.39, 0.29) is 18.3 Å². The van der Waals surface area contributed by atoms with Crippen LogP contribution in [0.4, 0.5) is 6.01 Å². The van der Waals surface area contributed by atoms with Crippen molar-refractivity contribution in [3.05, 3.63) is 58.6 Å². The molecule has 1 aliphatic heterocycles. The number of carbonyl (C=O) groups excluding carboxylic acids is 2. The number of benzene rings is 2. The molecule has 32 heavy (non-hydrogen) atoms. The molecule has 0 radical (unpaired) electrons. The minimum atomic E-state index is -0.690. The molecule has 3 aromatic rings. The van der Waals surface area contributed by atoms with E-state index >= 15 is 0 Å². The number of nitrogens with one attached hydrogen (secondary N) is 2. The molecule has 0 spiro atoms.